The summed E-state index contributed by atoms with van der Waals surface area (Å²) in [6.45, 7) is 6.29. The molecule has 0 aliphatic rings. The molecule has 0 aliphatic carbocycles. The van der Waals surface area contributed by atoms with E-state index in [-0.39, 0.29) is 18.2 Å². The van der Waals surface area contributed by atoms with E-state index in [0.717, 1.165) is 0 Å². The molecule has 0 aromatic rings. The maximum Gasteiger partial charge on any atom is 0.303 e. The van der Waals surface area contributed by atoms with E-state index in [4.69, 9.17) is 5.11 Å². The zero-order valence-corrected chi connectivity index (χ0v) is 9.04. The highest BCUT2D eigenvalue weighted by Gasteiger charge is 2.15. The standard InChI is InChI=1S/C10H19NO3/c1-7(2)8(3)10(14)11-6-4-5-9(12)13/h7-8H,4-6H2,1-3H3,(H,11,14)(H,12,13). The summed E-state index contributed by atoms with van der Waals surface area (Å²) >= 11 is 0. The maximum atomic E-state index is 11.4. The maximum absolute atomic E-state index is 11.4. The van der Waals surface area contributed by atoms with E-state index >= 15 is 0 Å². The van der Waals surface area contributed by atoms with Crippen LogP contribution in [0.3, 0.4) is 0 Å². The highest BCUT2D eigenvalue weighted by atomic mass is 16.4. The normalized spacial score (nSPS) is 12.6. The van der Waals surface area contributed by atoms with Gasteiger partial charge in [0.1, 0.15) is 0 Å². The molecule has 0 fully saturated rings. The molecule has 0 spiro atoms. The van der Waals surface area contributed by atoms with Crippen LogP contribution < -0.4 is 5.32 Å². The van der Waals surface area contributed by atoms with Gasteiger partial charge < -0.3 is 10.4 Å². The molecule has 0 radical (unpaired) electrons. The summed E-state index contributed by atoms with van der Waals surface area (Å²) in [4.78, 5) is 21.5. The van der Waals surface area contributed by atoms with Crippen molar-refractivity contribution in [3.63, 3.8) is 0 Å². The zero-order chi connectivity index (χ0) is 11.1. The van der Waals surface area contributed by atoms with Gasteiger partial charge in [-0.3, -0.25) is 9.59 Å². The Labute approximate surface area is 84.7 Å². The Morgan fingerprint density at radius 2 is 1.86 bits per heavy atom. The SMILES string of the molecule is CC(C)C(C)C(=O)NCCCC(=O)O. The van der Waals surface area contributed by atoms with Crippen LogP contribution in [0.25, 0.3) is 0 Å². The molecule has 0 saturated heterocycles. The van der Waals surface area contributed by atoms with Gasteiger partial charge in [0.25, 0.3) is 0 Å². The minimum Gasteiger partial charge on any atom is -0.481 e. The van der Waals surface area contributed by atoms with Crippen LogP contribution in [0.1, 0.15) is 33.6 Å². The Bertz CT molecular complexity index is 202. The number of hydrogen-bond donors (Lipinski definition) is 2. The van der Waals surface area contributed by atoms with Crippen LogP contribution in [-0.4, -0.2) is 23.5 Å². The van der Waals surface area contributed by atoms with Crippen molar-refractivity contribution >= 4 is 11.9 Å². The summed E-state index contributed by atoms with van der Waals surface area (Å²) in [5.74, 6) is -0.518. The zero-order valence-electron chi connectivity index (χ0n) is 9.04. The molecule has 0 heterocycles. The van der Waals surface area contributed by atoms with Crippen LogP contribution in [0, 0.1) is 11.8 Å². The van der Waals surface area contributed by atoms with E-state index in [9.17, 15) is 9.59 Å². The predicted octanol–water partition coefficient (Wildman–Crippen LogP) is 1.26. The second-order valence-electron chi connectivity index (χ2n) is 3.82. The quantitative estimate of drug-likeness (QED) is 0.636. The molecule has 4 heteroatoms. The average Bonchev–Trinajstić information content (AvgIpc) is 2.10. The molecule has 1 atom stereocenters. The number of carboxylic acid groups (broad SMARTS) is 1. The smallest absolute Gasteiger partial charge is 0.303 e. The van der Waals surface area contributed by atoms with Crippen LogP contribution in [0.2, 0.25) is 0 Å². The van der Waals surface area contributed by atoms with Crippen molar-refractivity contribution in [2.75, 3.05) is 6.54 Å². The second-order valence-corrected chi connectivity index (χ2v) is 3.82. The van der Waals surface area contributed by atoms with Gasteiger partial charge >= 0.3 is 5.97 Å². The third kappa shape index (κ3) is 5.56. The molecule has 0 aromatic heterocycles. The number of carbonyl (C=O) groups is 2. The summed E-state index contributed by atoms with van der Waals surface area (Å²) in [6.07, 6.45) is 0.599. The largest absolute Gasteiger partial charge is 0.481 e. The van der Waals surface area contributed by atoms with Gasteiger partial charge in [0.15, 0.2) is 0 Å². The van der Waals surface area contributed by atoms with E-state index in [1.54, 1.807) is 0 Å². The second kappa shape index (κ2) is 6.40. The van der Waals surface area contributed by atoms with Gasteiger partial charge in [0, 0.05) is 18.9 Å². The monoisotopic (exact) mass is 201 g/mol. The summed E-state index contributed by atoms with van der Waals surface area (Å²) in [5, 5.41) is 11.1. The third-order valence-corrected chi connectivity index (χ3v) is 2.28. The number of aliphatic carboxylic acids is 1. The predicted molar refractivity (Wildman–Crippen MR) is 53.9 cm³/mol. The molecule has 1 unspecified atom stereocenters. The molecule has 0 bridgehead atoms. The van der Waals surface area contributed by atoms with E-state index < -0.39 is 5.97 Å². The molecular weight excluding hydrogens is 182 g/mol. The first-order valence-corrected chi connectivity index (χ1v) is 4.94. The molecular formula is C10H19NO3. The Hall–Kier alpha value is -1.06. The van der Waals surface area contributed by atoms with Crippen LogP contribution in [0.15, 0.2) is 0 Å². The molecule has 14 heavy (non-hydrogen) atoms. The van der Waals surface area contributed by atoms with E-state index in [1.165, 1.54) is 0 Å². The van der Waals surface area contributed by atoms with Crippen LogP contribution in [-0.2, 0) is 9.59 Å². The van der Waals surface area contributed by atoms with E-state index in [2.05, 4.69) is 5.32 Å². The Morgan fingerprint density at radius 1 is 1.29 bits per heavy atom. The summed E-state index contributed by atoms with van der Waals surface area (Å²) in [5.41, 5.74) is 0. The highest BCUT2D eigenvalue weighted by Crippen LogP contribution is 2.08. The molecule has 4 nitrogen and oxygen atoms in total. The lowest BCUT2D eigenvalue weighted by Gasteiger charge is -2.14. The number of nitrogens with one attached hydrogen (secondary N) is 1. The lowest BCUT2D eigenvalue weighted by molar-refractivity contribution is -0.137. The van der Waals surface area contributed by atoms with Crippen LogP contribution in [0.4, 0.5) is 0 Å². The molecule has 2 N–H and O–H groups in total. The van der Waals surface area contributed by atoms with Crippen molar-refractivity contribution < 1.29 is 14.7 Å². The minimum absolute atomic E-state index is 0.00499. The fourth-order valence-corrected chi connectivity index (χ4v) is 0.915. The number of carboxylic acids is 1. The number of rotatable bonds is 6. The fourth-order valence-electron chi connectivity index (χ4n) is 0.915. The lowest BCUT2D eigenvalue weighted by Crippen LogP contribution is -2.32. The number of carbonyl (C=O) groups excluding carboxylic acids is 1. The molecule has 0 rings (SSSR count). The van der Waals surface area contributed by atoms with Crippen LogP contribution >= 0.6 is 0 Å². The van der Waals surface area contributed by atoms with Crippen molar-refractivity contribution in [2.24, 2.45) is 11.8 Å². The highest BCUT2D eigenvalue weighted by molar-refractivity contribution is 5.78. The first kappa shape index (κ1) is 12.9. The van der Waals surface area contributed by atoms with Gasteiger partial charge in [-0.05, 0) is 12.3 Å². The van der Waals surface area contributed by atoms with Gasteiger partial charge in [-0.25, -0.2) is 0 Å². The summed E-state index contributed by atoms with van der Waals surface area (Å²) in [7, 11) is 0. The van der Waals surface area contributed by atoms with Gasteiger partial charge in [0.05, 0.1) is 0 Å². The lowest BCUT2D eigenvalue weighted by atomic mass is 9.97. The topological polar surface area (TPSA) is 66.4 Å². The Balaban J connectivity index is 3.59. The Kier molecular flexibility index (Phi) is 5.92. The molecule has 1 amide bonds. The molecule has 0 aliphatic heterocycles. The van der Waals surface area contributed by atoms with Crippen molar-refractivity contribution in [1.29, 1.82) is 0 Å². The van der Waals surface area contributed by atoms with Gasteiger partial charge in [0.2, 0.25) is 5.91 Å². The van der Waals surface area contributed by atoms with Crippen molar-refractivity contribution in [3.05, 3.63) is 0 Å². The van der Waals surface area contributed by atoms with Gasteiger partial charge in [-0.1, -0.05) is 20.8 Å². The molecule has 82 valence electrons. The number of hydrogen-bond acceptors (Lipinski definition) is 2. The molecule has 0 aromatic carbocycles. The van der Waals surface area contributed by atoms with Crippen molar-refractivity contribution in [1.82, 2.24) is 5.32 Å². The fraction of sp³-hybridized carbons (Fsp3) is 0.800. The third-order valence-electron chi connectivity index (χ3n) is 2.28. The average molecular weight is 201 g/mol. The Morgan fingerprint density at radius 3 is 2.29 bits per heavy atom. The molecule has 0 saturated carbocycles. The minimum atomic E-state index is -0.823. The van der Waals surface area contributed by atoms with Gasteiger partial charge in [-0.15, -0.1) is 0 Å². The van der Waals surface area contributed by atoms with Crippen molar-refractivity contribution in [2.45, 2.75) is 33.6 Å². The van der Waals surface area contributed by atoms with Crippen LogP contribution in [0.5, 0.6) is 0 Å². The van der Waals surface area contributed by atoms with E-state index in [1.807, 2.05) is 20.8 Å². The number of amides is 1. The van der Waals surface area contributed by atoms with Crippen molar-refractivity contribution in [3.8, 4) is 0 Å². The van der Waals surface area contributed by atoms with E-state index in [0.29, 0.717) is 18.9 Å². The first-order valence-electron chi connectivity index (χ1n) is 4.94. The summed E-state index contributed by atoms with van der Waals surface area (Å²) in [6, 6.07) is 0. The van der Waals surface area contributed by atoms with Gasteiger partial charge in [-0.2, -0.15) is 0 Å². The summed E-state index contributed by atoms with van der Waals surface area (Å²) < 4.78 is 0. The first-order chi connectivity index (χ1) is 6.45.